The third-order valence-corrected chi connectivity index (χ3v) is 5.33. The van der Waals surface area contributed by atoms with Crippen LogP contribution in [-0.2, 0) is 9.59 Å². The van der Waals surface area contributed by atoms with Gasteiger partial charge in [0.25, 0.3) is 0 Å². The summed E-state index contributed by atoms with van der Waals surface area (Å²) in [4.78, 5) is 33.6. The van der Waals surface area contributed by atoms with Crippen LogP contribution in [0.5, 0.6) is 0 Å². The van der Waals surface area contributed by atoms with Gasteiger partial charge in [0.15, 0.2) is 0 Å². The second kappa shape index (κ2) is 7.39. The maximum atomic E-state index is 12.7. The maximum Gasteiger partial charge on any atom is 0.228 e. The normalized spacial score (nSPS) is 21.7. The molecule has 6 nitrogen and oxygen atoms in total. The molecule has 2 atom stereocenters. The summed E-state index contributed by atoms with van der Waals surface area (Å²) in [5.41, 5.74) is 1.94. The number of aromatic nitrogens is 1. The van der Waals surface area contributed by atoms with Crippen LogP contribution in [0.2, 0.25) is 0 Å². The molecular weight excluding hydrogens is 340 g/mol. The van der Waals surface area contributed by atoms with E-state index in [9.17, 15) is 9.59 Å². The number of piperazine rings is 1. The monoisotopic (exact) mass is 364 g/mol. The van der Waals surface area contributed by atoms with Crippen molar-refractivity contribution in [1.82, 2.24) is 9.88 Å². The van der Waals surface area contributed by atoms with Crippen molar-refractivity contribution in [2.75, 3.05) is 36.4 Å². The Kier molecular flexibility index (Phi) is 4.79. The van der Waals surface area contributed by atoms with Gasteiger partial charge in [-0.05, 0) is 37.6 Å². The molecule has 1 aromatic carbocycles. The van der Waals surface area contributed by atoms with Gasteiger partial charge in [-0.1, -0.05) is 23.8 Å². The number of rotatable bonds is 4. The molecule has 140 valence electrons. The van der Waals surface area contributed by atoms with Gasteiger partial charge < -0.3 is 15.1 Å². The first-order chi connectivity index (χ1) is 13.1. The Balaban J connectivity index is 1.27. The number of carbonyl (C=O) groups excluding carboxylic acids is 2. The third-order valence-electron chi connectivity index (χ3n) is 5.33. The zero-order valence-electron chi connectivity index (χ0n) is 15.5. The molecule has 2 aliphatic rings. The van der Waals surface area contributed by atoms with Crippen LogP contribution < -0.4 is 10.2 Å². The van der Waals surface area contributed by atoms with Gasteiger partial charge in [0.2, 0.25) is 11.8 Å². The highest BCUT2D eigenvalue weighted by Gasteiger charge is 2.49. The first kappa shape index (κ1) is 17.5. The number of nitrogens with zero attached hydrogens (tertiary/aromatic N) is 3. The summed E-state index contributed by atoms with van der Waals surface area (Å²) in [5, 5.41) is 2.92. The maximum absolute atomic E-state index is 12.7. The number of aryl methyl sites for hydroxylation is 1. The Morgan fingerprint density at radius 3 is 2.41 bits per heavy atom. The van der Waals surface area contributed by atoms with E-state index in [1.807, 2.05) is 54.3 Å². The highest BCUT2D eigenvalue weighted by Crippen LogP contribution is 2.41. The molecule has 1 saturated carbocycles. The highest BCUT2D eigenvalue weighted by molar-refractivity contribution is 5.99. The second-order valence-corrected chi connectivity index (χ2v) is 7.30. The predicted molar refractivity (Wildman–Crippen MR) is 104 cm³/mol. The zero-order valence-corrected chi connectivity index (χ0v) is 15.5. The van der Waals surface area contributed by atoms with Crippen LogP contribution in [0.4, 0.5) is 11.5 Å². The molecule has 1 aliphatic carbocycles. The summed E-state index contributed by atoms with van der Waals surface area (Å²) in [6, 6.07) is 13.6. The summed E-state index contributed by atoms with van der Waals surface area (Å²) in [6.45, 7) is 4.91. The fraction of sp³-hybridized carbons (Fsp3) is 0.381. The minimum Gasteiger partial charge on any atom is -0.353 e. The molecule has 6 heteroatoms. The molecule has 1 aromatic heterocycles. The first-order valence-corrected chi connectivity index (χ1v) is 9.44. The number of pyridine rings is 1. The van der Waals surface area contributed by atoms with Crippen LogP contribution in [0.1, 0.15) is 12.0 Å². The SMILES string of the molecule is Cc1ccc(NC(=O)C2CC2C(=O)N2CCN(c3ccccn3)CC2)cc1. The molecular formula is C21H24N4O2. The summed E-state index contributed by atoms with van der Waals surface area (Å²) in [6.07, 6.45) is 2.44. The van der Waals surface area contributed by atoms with Crippen LogP contribution in [0.25, 0.3) is 0 Å². The second-order valence-electron chi connectivity index (χ2n) is 7.30. The Labute approximate surface area is 159 Å². The minimum absolute atomic E-state index is 0.0516. The lowest BCUT2D eigenvalue weighted by Crippen LogP contribution is -2.49. The summed E-state index contributed by atoms with van der Waals surface area (Å²) < 4.78 is 0. The van der Waals surface area contributed by atoms with E-state index in [4.69, 9.17) is 0 Å². The molecule has 27 heavy (non-hydrogen) atoms. The first-order valence-electron chi connectivity index (χ1n) is 9.44. The Hall–Kier alpha value is -2.89. The van der Waals surface area contributed by atoms with E-state index in [1.165, 1.54) is 0 Å². The van der Waals surface area contributed by atoms with Gasteiger partial charge in [-0.15, -0.1) is 0 Å². The number of anilines is 2. The van der Waals surface area contributed by atoms with Crippen molar-refractivity contribution in [3.63, 3.8) is 0 Å². The highest BCUT2D eigenvalue weighted by atomic mass is 16.2. The molecule has 2 amide bonds. The largest absolute Gasteiger partial charge is 0.353 e. The lowest BCUT2D eigenvalue weighted by atomic mass is 10.2. The topological polar surface area (TPSA) is 65.5 Å². The van der Waals surface area contributed by atoms with Gasteiger partial charge in [0.1, 0.15) is 5.82 Å². The van der Waals surface area contributed by atoms with Crippen molar-refractivity contribution < 1.29 is 9.59 Å². The van der Waals surface area contributed by atoms with E-state index >= 15 is 0 Å². The smallest absolute Gasteiger partial charge is 0.228 e. The fourth-order valence-electron chi connectivity index (χ4n) is 3.56. The number of carbonyl (C=O) groups is 2. The minimum atomic E-state index is -0.201. The molecule has 0 radical (unpaired) electrons. The molecule has 2 heterocycles. The van der Waals surface area contributed by atoms with Gasteiger partial charge in [-0.3, -0.25) is 9.59 Å². The van der Waals surface area contributed by atoms with Gasteiger partial charge in [0.05, 0.1) is 11.8 Å². The van der Waals surface area contributed by atoms with Gasteiger partial charge >= 0.3 is 0 Å². The lowest BCUT2D eigenvalue weighted by Gasteiger charge is -2.35. The molecule has 1 N–H and O–H groups in total. The van der Waals surface area contributed by atoms with Crippen LogP contribution >= 0.6 is 0 Å². The van der Waals surface area contributed by atoms with Crippen LogP contribution in [0.15, 0.2) is 48.7 Å². The molecule has 1 aliphatic heterocycles. The van der Waals surface area contributed by atoms with Gasteiger partial charge in [0, 0.05) is 38.1 Å². The van der Waals surface area contributed by atoms with Gasteiger partial charge in [-0.25, -0.2) is 4.98 Å². The summed E-state index contributed by atoms with van der Waals surface area (Å²) in [5.74, 6) is 0.639. The average molecular weight is 364 g/mol. The van der Waals surface area contributed by atoms with E-state index in [0.29, 0.717) is 19.5 Å². The molecule has 2 unspecified atom stereocenters. The van der Waals surface area contributed by atoms with Crippen molar-refractivity contribution in [3.8, 4) is 0 Å². The molecule has 4 rings (SSSR count). The fourth-order valence-corrected chi connectivity index (χ4v) is 3.56. The van der Waals surface area contributed by atoms with Gasteiger partial charge in [-0.2, -0.15) is 0 Å². The Morgan fingerprint density at radius 1 is 1.00 bits per heavy atom. The molecule has 0 bridgehead atoms. The van der Waals surface area contributed by atoms with E-state index in [2.05, 4.69) is 15.2 Å². The van der Waals surface area contributed by atoms with E-state index in [1.54, 1.807) is 6.20 Å². The summed E-state index contributed by atoms with van der Waals surface area (Å²) in [7, 11) is 0. The van der Waals surface area contributed by atoms with E-state index in [-0.39, 0.29) is 23.7 Å². The number of hydrogen-bond acceptors (Lipinski definition) is 4. The van der Waals surface area contributed by atoms with Crippen molar-refractivity contribution in [2.45, 2.75) is 13.3 Å². The average Bonchev–Trinajstić information content (AvgIpc) is 3.51. The van der Waals surface area contributed by atoms with Crippen molar-refractivity contribution in [1.29, 1.82) is 0 Å². The lowest BCUT2D eigenvalue weighted by molar-refractivity contribution is -0.134. The summed E-state index contributed by atoms with van der Waals surface area (Å²) >= 11 is 0. The standard InChI is InChI=1S/C21H24N4O2/c1-15-5-7-16(8-6-15)23-20(26)17-14-18(17)21(27)25-12-10-24(11-13-25)19-4-2-3-9-22-19/h2-9,17-18H,10-14H2,1H3,(H,23,26). The Morgan fingerprint density at radius 2 is 1.74 bits per heavy atom. The van der Waals surface area contributed by atoms with E-state index < -0.39 is 0 Å². The van der Waals surface area contributed by atoms with Crippen LogP contribution in [0, 0.1) is 18.8 Å². The Bertz CT molecular complexity index is 814. The predicted octanol–water partition coefficient (Wildman–Crippen LogP) is 2.31. The van der Waals surface area contributed by atoms with Crippen molar-refractivity contribution >= 4 is 23.3 Å². The molecule has 1 saturated heterocycles. The number of hydrogen-bond donors (Lipinski definition) is 1. The van der Waals surface area contributed by atoms with Crippen molar-refractivity contribution in [3.05, 3.63) is 54.2 Å². The van der Waals surface area contributed by atoms with Crippen LogP contribution in [0.3, 0.4) is 0 Å². The van der Waals surface area contributed by atoms with E-state index in [0.717, 1.165) is 30.2 Å². The molecule has 0 spiro atoms. The van der Waals surface area contributed by atoms with Crippen LogP contribution in [-0.4, -0.2) is 47.9 Å². The number of nitrogens with one attached hydrogen (secondary N) is 1. The molecule has 2 fully saturated rings. The third kappa shape index (κ3) is 3.94. The zero-order chi connectivity index (χ0) is 18.8. The number of amides is 2. The number of benzene rings is 1. The molecule has 2 aromatic rings. The van der Waals surface area contributed by atoms with Crippen molar-refractivity contribution in [2.24, 2.45) is 11.8 Å². The quantitative estimate of drug-likeness (QED) is 0.904.